The molecule has 1 aliphatic carbocycles. The van der Waals surface area contributed by atoms with Crippen LogP contribution in [0.2, 0.25) is 0 Å². The fourth-order valence-corrected chi connectivity index (χ4v) is 3.00. The third kappa shape index (κ3) is 3.55. The number of phenolic OH excluding ortho intramolecular Hbond substituents is 1. The van der Waals surface area contributed by atoms with Crippen molar-refractivity contribution < 1.29 is 19.4 Å². The lowest BCUT2D eigenvalue weighted by Crippen LogP contribution is -2.19. The Morgan fingerprint density at radius 2 is 2.13 bits per heavy atom. The summed E-state index contributed by atoms with van der Waals surface area (Å²) in [6.45, 7) is 2.41. The highest BCUT2D eigenvalue weighted by molar-refractivity contribution is 6.08. The molecule has 0 spiro atoms. The first-order valence-corrected chi connectivity index (χ1v) is 8.15. The lowest BCUT2D eigenvalue weighted by molar-refractivity contribution is -0.130. The molecule has 0 aromatic heterocycles. The van der Waals surface area contributed by atoms with Crippen LogP contribution in [0, 0.1) is 5.92 Å². The predicted molar refractivity (Wildman–Crippen MR) is 87.4 cm³/mol. The quantitative estimate of drug-likeness (QED) is 0.680. The number of benzene rings is 1. The Kier molecular flexibility index (Phi) is 4.65. The molecular weight excluding hydrogens is 294 g/mol. The van der Waals surface area contributed by atoms with E-state index in [4.69, 9.17) is 9.47 Å². The molecule has 5 heteroatoms. The predicted octanol–water partition coefficient (Wildman–Crippen LogP) is 3.67. The molecular formula is C18H21NO4. The number of carbonyl (C=O) groups is 1. The number of aliphatic imine (C=N–C) groups is 1. The maximum absolute atomic E-state index is 12.0. The van der Waals surface area contributed by atoms with Crippen molar-refractivity contribution in [1.82, 2.24) is 0 Å². The standard InChI is InChI=1S/C18H21NO4/c1-2-22-14-9-8-13(16(20)11-14)10-15-18(21)23-17(19-15)12-6-4-3-5-7-12/h8-12,20H,2-7H2,1H3. The number of aromatic hydroxyl groups is 1. The van der Waals surface area contributed by atoms with Crippen molar-refractivity contribution >= 4 is 17.9 Å². The van der Waals surface area contributed by atoms with Crippen molar-refractivity contribution in [3.8, 4) is 11.5 Å². The van der Waals surface area contributed by atoms with Crippen molar-refractivity contribution in [3.63, 3.8) is 0 Å². The summed E-state index contributed by atoms with van der Waals surface area (Å²) in [4.78, 5) is 16.4. The van der Waals surface area contributed by atoms with E-state index in [2.05, 4.69) is 4.99 Å². The van der Waals surface area contributed by atoms with E-state index in [0.29, 0.717) is 23.8 Å². The molecule has 1 aromatic rings. The molecule has 0 amide bonds. The molecule has 2 aliphatic rings. The second-order valence-electron chi connectivity index (χ2n) is 5.86. The summed E-state index contributed by atoms with van der Waals surface area (Å²) in [7, 11) is 0. The van der Waals surface area contributed by atoms with Gasteiger partial charge in [-0.2, -0.15) is 0 Å². The van der Waals surface area contributed by atoms with Crippen LogP contribution in [0.5, 0.6) is 11.5 Å². The Hall–Kier alpha value is -2.30. The average Bonchev–Trinajstić information content (AvgIpc) is 2.92. The van der Waals surface area contributed by atoms with Gasteiger partial charge in [-0.25, -0.2) is 9.79 Å². The first-order valence-electron chi connectivity index (χ1n) is 8.15. The number of phenols is 1. The molecule has 1 aromatic carbocycles. The van der Waals surface area contributed by atoms with Crippen LogP contribution in [0.1, 0.15) is 44.6 Å². The van der Waals surface area contributed by atoms with Gasteiger partial charge in [0.1, 0.15) is 11.5 Å². The largest absolute Gasteiger partial charge is 0.507 e. The number of nitrogens with zero attached hydrogens (tertiary/aromatic N) is 1. The molecule has 3 rings (SSSR count). The van der Waals surface area contributed by atoms with Crippen molar-refractivity contribution in [2.45, 2.75) is 39.0 Å². The molecule has 0 atom stereocenters. The highest BCUT2D eigenvalue weighted by Crippen LogP contribution is 2.31. The maximum atomic E-state index is 12.0. The smallest absolute Gasteiger partial charge is 0.363 e. The normalized spacial score (nSPS) is 20.5. The van der Waals surface area contributed by atoms with Crippen LogP contribution >= 0.6 is 0 Å². The topological polar surface area (TPSA) is 68.1 Å². The van der Waals surface area contributed by atoms with Gasteiger partial charge in [-0.1, -0.05) is 19.3 Å². The van der Waals surface area contributed by atoms with E-state index in [9.17, 15) is 9.90 Å². The van der Waals surface area contributed by atoms with Gasteiger partial charge >= 0.3 is 5.97 Å². The number of cyclic esters (lactones) is 1. The van der Waals surface area contributed by atoms with Gasteiger partial charge in [-0.15, -0.1) is 0 Å². The van der Waals surface area contributed by atoms with E-state index in [0.717, 1.165) is 25.7 Å². The lowest BCUT2D eigenvalue weighted by atomic mass is 9.89. The van der Waals surface area contributed by atoms with Gasteiger partial charge in [0.15, 0.2) is 5.70 Å². The van der Waals surface area contributed by atoms with Crippen molar-refractivity contribution in [1.29, 1.82) is 0 Å². The van der Waals surface area contributed by atoms with Gasteiger partial charge in [0.25, 0.3) is 0 Å². The minimum Gasteiger partial charge on any atom is -0.507 e. The van der Waals surface area contributed by atoms with Gasteiger partial charge in [0, 0.05) is 17.5 Å². The third-order valence-electron chi connectivity index (χ3n) is 4.20. The summed E-state index contributed by atoms with van der Waals surface area (Å²) in [6.07, 6.45) is 7.14. The molecule has 1 fully saturated rings. The third-order valence-corrected chi connectivity index (χ3v) is 4.20. The van der Waals surface area contributed by atoms with E-state index in [-0.39, 0.29) is 17.4 Å². The summed E-state index contributed by atoms with van der Waals surface area (Å²) < 4.78 is 10.7. The van der Waals surface area contributed by atoms with E-state index in [1.54, 1.807) is 18.2 Å². The Balaban J connectivity index is 1.81. The number of carbonyl (C=O) groups excluding carboxylic acids is 1. The highest BCUT2D eigenvalue weighted by atomic mass is 16.6. The zero-order valence-corrected chi connectivity index (χ0v) is 13.2. The summed E-state index contributed by atoms with van der Waals surface area (Å²) in [5, 5.41) is 10.1. The molecule has 0 bridgehead atoms. The SMILES string of the molecule is CCOc1ccc(C=C2N=C(C3CCCCC3)OC2=O)c(O)c1. The van der Waals surface area contributed by atoms with Crippen LogP contribution in [-0.4, -0.2) is 23.6 Å². The molecule has 1 heterocycles. The first kappa shape index (κ1) is 15.6. The fraction of sp³-hybridized carbons (Fsp3) is 0.444. The highest BCUT2D eigenvalue weighted by Gasteiger charge is 2.30. The summed E-state index contributed by atoms with van der Waals surface area (Å²) in [5.74, 6) is 0.975. The Bertz CT molecular complexity index is 657. The summed E-state index contributed by atoms with van der Waals surface area (Å²) in [6, 6.07) is 4.98. The van der Waals surface area contributed by atoms with Crippen LogP contribution in [-0.2, 0) is 9.53 Å². The van der Waals surface area contributed by atoms with Gasteiger partial charge in [0.2, 0.25) is 5.90 Å². The fourth-order valence-electron chi connectivity index (χ4n) is 3.00. The molecule has 23 heavy (non-hydrogen) atoms. The van der Waals surface area contributed by atoms with Crippen molar-refractivity contribution in [2.24, 2.45) is 10.9 Å². The minimum atomic E-state index is -0.446. The molecule has 1 aliphatic heterocycles. The molecule has 0 saturated heterocycles. The lowest BCUT2D eigenvalue weighted by Gasteiger charge is -2.19. The van der Waals surface area contributed by atoms with Crippen LogP contribution in [0.15, 0.2) is 28.9 Å². The van der Waals surface area contributed by atoms with Crippen molar-refractivity contribution in [2.75, 3.05) is 6.61 Å². The average molecular weight is 315 g/mol. The van der Waals surface area contributed by atoms with E-state index < -0.39 is 5.97 Å². The molecule has 1 N–H and O–H groups in total. The van der Waals surface area contributed by atoms with Gasteiger partial charge in [-0.3, -0.25) is 0 Å². The number of esters is 1. The van der Waals surface area contributed by atoms with Crippen LogP contribution in [0.4, 0.5) is 0 Å². The van der Waals surface area contributed by atoms with Crippen LogP contribution < -0.4 is 4.74 Å². The monoisotopic (exact) mass is 315 g/mol. The van der Waals surface area contributed by atoms with E-state index in [1.807, 2.05) is 6.92 Å². The van der Waals surface area contributed by atoms with Gasteiger partial charge in [-0.05, 0) is 38.0 Å². The van der Waals surface area contributed by atoms with Crippen LogP contribution in [0.25, 0.3) is 6.08 Å². The Morgan fingerprint density at radius 1 is 1.35 bits per heavy atom. The first-order chi connectivity index (χ1) is 11.2. The number of rotatable bonds is 4. The molecule has 0 unspecified atom stereocenters. The second-order valence-corrected chi connectivity index (χ2v) is 5.86. The van der Waals surface area contributed by atoms with Crippen LogP contribution in [0.3, 0.4) is 0 Å². The zero-order chi connectivity index (χ0) is 16.2. The van der Waals surface area contributed by atoms with Gasteiger partial charge < -0.3 is 14.6 Å². The van der Waals surface area contributed by atoms with Gasteiger partial charge in [0.05, 0.1) is 6.61 Å². The minimum absolute atomic E-state index is 0.0533. The second kappa shape index (κ2) is 6.86. The molecule has 1 saturated carbocycles. The molecule has 0 radical (unpaired) electrons. The summed E-state index contributed by atoms with van der Waals surface area (Å²) >= 11 is 0. The maximum Gasteiger partial charge on any atom is 0.363 e. The number of hydrogen-bond donors (Lipinski definition) is 1. The number of hydrogen-bond acceptors (Lipinski definition) is 5. The van der Waals surface area contributed by atoms with E-state index in [1.165, 1.54) is 12.5 Å². The van der Waals surface area contributed by atoms with E-state index >= 15 is 0 Å². The zero-order valence-electron chi connectivity index (χ0n) is 13.2. The molecule has 122 valence electrons. The Labute approximate surface area is 135 Å². The number of ether oxygens (including phenoxy) is 2. The summed E-state index contributed by atoms with van der Waals surface area (Å²) in [5.41, 5.74) is 0.763. The Morgan fingerprint density at radius 3 is 2.83 bits per heavy atom. The van der Waals surface area contributed by atoms with Crippen molar-refractivity contribution in [3.05, 3.63) is 29.5 Å². The molecule has 5 nitrogen and oxygen atoms in total.